The molecular weight excluding hydrogens is 352 g/mol. The van der Waals surface area contributed by atoms with Crippen molar-refractivity contribution in [3.63, 3.8) is 0 Å². The highest BCUT2D eigenvalue weighted by Crippen LogP contribution is 2.20. The highest BCUT2D eigenvalue weighted by Gasteiger charge is 2.31. The summed E-state index contributed by atoms with van der Waals surface area (Å²) in [4.78, 5) is 12.4. The minimum Gasteiger partial charge on any atom is -0.384 e. The number of nitrogens with one attached hydrogen (secondary N) is 1. The van der Waals surface area contributed by atoms with Gasteiger partial charge in [0.2, 0.25) is 15.9 Å². The minimum absolute atomic E-state index is 0.0581. The first-order chi connectivity index (χ1) is 11.4. The van der Waals surface area contributed by atoms with Gasteiger partial charge in [0.05, 0.1) is 18.3 Å². The summed E-state index contributed by atoms with van der Waals surface area (Å²) in [6, 6.07) is 7.31. The summed E-state index contributed by atoms with van der Waals surface area (Å²) in [6.07, 6.45) is 1.36. The van der Waals surface area contributed by atoms with Crippen LogP contribution in [0.3, 0.4) is 0 Å². The Kier molecular flexibility index (Phi) is 7.03. The number of nitrogens with zero attached hydrogens (tertiary/aromatic N) is 1. The van der Waals surface area contributed by atoms with E-state index >= 15 is 0 Å². The molecule has 24 heavy (non-hydrogen) atoms. The molecule has 0 radical (unpaired) electrons. The van der Waals surface area contributed by atoms with Gasteiger partial charge in [-0.05, 0) is 24.5 Å². The Hall–Kier alpha value is -1.15. The molecule has 1 aromatic rings. The Balaban J connectivity index is 1.92. The van der Waals surface area contributed by atoms with E-state index in [9.17, 15) is 13.2 Å². The van der Waals surface area contributed by atoms with Gasteiger partial charge < -0.3 is 10.1 Å². The molecule has 1 unspecified atom stereocenters. The van der Waals surface area contributed by atoms with Gasteiger partial charge in [0.15, 0.2) is 0 Å². The molecule has 134 valence electrons. The number of ether oxygens (including phenoxy) is 1. The fourth-order valence-corrected chi connectivity index (χ4v) is 4.35. The molecular formula is C16H23ClN2O4S. The van der Waals surface area contributed by atoms with E-state index in [2.05, 4.69) is 5.32 Å². The zero-order valence-corrected chi connectivity index (χ0v) is 15.3. The van der Waals surface area contributed by atoms with Crippen LogP contribution in [0.5, 0.6) is 0 Å². The van der Waals surface area contributed by atoms with Crippen LogP contribution in [0.4, 0.5) is 0 Å². The molecule has 6 nitrogen and oxygen atoms in total. The zero-order chi connectivity index (χ0) is 17.6. The highest BCUT2D eigenvalue weighted by atomic mass is 35.5. The van der Waals surface area contributed by atoms with Crippen molar-refractivity contribution in [3.8, 4) is 0 Å². The van der Waals surface area contributed by atoms with Gasteiger partial charge in [-0.25, -0.2) is 12.7 Å². The summed E-state index contributed by atoms with van der Waals surface area (Å²) in [5, 5.41) is 3.46. The molecule has 1 N–H and O–H groups in total. The van der Waals surface area contributed by atoms with E-state index in [1.165, 1.54) is 11.4 Å². The Bertz CT molecular complexity index is 666. The van der Waals surface area contributed by atoms with Crippen molar-refractivity contribution in [2.75, 3.05) is 32.6 Å². The van der Waals surface area contributed by atoms with Crippen LogP contribution in [0, 0.1) is 5.92 Å². The summed E-state index contributed by atoms with van der Waals surface area (Å²) >= 11 is 6.07. The van der Waals surface area contributed by atoms with Gasteiger partial charge in [-0.1, -0.05) is 29.8 Å². The highest BCUT2D eigenvalue weighted by molar-refractivity contribution is 7.89. The number of hydrogen-bond donors (Lipinski definition) is 1. The largest absolute Gasteiger partial charge is 0.384 e. The number of carbonyl (C=O) groups excluding carboxylic acids is 1. The molecule has 0 aromatic heterocycles. The summed E-state index contributed by atoms with van der Waals surface area (Å²) in [5.74, 6) is -0.530. The smallest absolute Gasteiger partial charge is 0.224 e. The lowest BCUT2D eigenvalue weighted by Crippen LogP contribution is -2.46. The van der Waals surface area contributed by atoms with E-state index < -0.39 is 10.0 Å². The first-order valence-corrected chi connectivity index (χ1v) is 9.90. The van der Waals surface area contributed by atoms with Gasteiger partial charge in [-0.15, -0.1) is 0 Å². The number of hydrogen-bond acceptors (Lipinski definition) is 4. The van der Waals surface area contributed by atoms with E-state index in [1.54, 1.807) is 6.07 Å². The molecule has 0 aliphatic carbocycles. The summed E-state index contributed by atoms with van der Waals surface area (Å²) in [6.45, 7) is 1.17. The quantitative estimate of drug-likeness (QED) is 0.787. The predicted molar refractivity (Wildman–Crippen MR) is 93.3 cm³/mol. The second kappa shape index (κ2) is 8.80. The average molecular weight is 375 g/mol. The van der Waals surface area contributed by atoms with Gasteiger partial charge in [0.1, 0.15) is 0 Å². The van der Waals surface area contributed by atoms with Crippen molar-refractivity contribution in [2.45, 2.75) is 19.4 Å². The molecule has 1 aromatic carbocycles. The van der Waals surface area contributed by atoms with Crippen molar-refractivity contribution in [1.82, 2.24) is 9.62 Å². The van der Waals surface area contributed by atoms with Crippen molar-refractivity contribution in [1.29, 1.82) is 0 Å². The van der Waals surface area contributed by atoms with Gasteiger partial charge in [-0.3, -0.25) is 4.79 Å². The Labute approximate surface area is 148 Å². The Morgan fingerprint density at radius 3 is 2.88 bits per heavy atom. The van der Waals surface area contributed by atoms with E-state index in [1.807, 2.05) is 18.2 Å². The third-order valence-corrected chi connectivity index (χ3v) is 6.27. The van der Waals surface area contributed by atoms with Crippen molar-refractivity contribution < 1.29 is 17.9 Å². The van der Waals surface area contributed by atoms with Gasteiger partial charge in [0.25, 0.3) is 0 Å². The molecule has 0 bridgehead atoms. The maximum atomic E-state index is 12.4. The molecule has 1 saturated heterocycles. The molecule has 2 rings (SSSR count). The van der Waals surface area contributed by atoms with Crippen LogP contribution >= 0.6 is 11.6 Å². The van der Waals surface area contributed by atoms with E-state index in [4.69, 9.17) is 16.3 Å². The van der Waals surface area contributed by atoms with Crippen LogP contribution < -0.4 is 5.32 Å². The van der Waals surface area contributed by atoms with Crippen LogP contribution in [-0.4, -0.2) is 51.2 Å². The summed E-state index contributed by atoms with van der Waals surface area (Å²) < 4.78 is 30.7. The van der Waals surface area contributed by atoms with Crippen molar-refractivity contribution in [3.05, 3.63) is 34.9 Å². The molecule has 8 heteroatoms. The minimum atomic E-state index is -3.38. The maximum Gasteiger partial charge on any atom is 0.224 e. The molecule has 1 heterocycles. The fraction of sp³-hybridized carbons (Fsp3) is 0.562. The topological polar surface area (TPSA) is 75.7 Å². The Morgan fingerprint density at radius 1 is 1.42 bits per heavy atom. The lowest BCUT2D eigenvalue weighted by molar-refractivity contribution is -0.126. The third kappa shape index (κ3) is 5.17. The number of benzene rings is 1. The lowest BCUT2D eigenvalue weighted by Gasteiger charge is -2.31. The monoisotopic (exact) mass is 374 g/mol. The lowest BCUT2D eigenvalue weighted by atomic mass is 9.99. The molecule has 1 amide bonds. The van der Waals surface area contributed by atoms with Gasteiger partial charge in [-0.2, -0.15) is 0 Å². The van der Waals surface area contributed by atoms with Gasteiger partial charge in [0, 0.05) is 31.8 Å². The molecule has 1 aliphatic rings. The molecule has 0 saturated carbocycles. The maximum absolute atomic E-state index is 12.4. The van der Waals surface area contributed by atoms with Crippen LogP contribution in [0.25, 0.3) is 0 Å². The van der Waals surface area contributed by atoms with E-state index in [0.717, 1.165) is 5.56 Å². The van der Waals surface area contributed by atoms with Crippen molar-refractivity contribution >= 4 is 27.5 Å². The van der Waals surface area contributed by atoms with Crippen LogP contribution in [0.1, 0.15) is 18.4 Å². The molecule has 1 atom stereocenters. The predicted octanol–water partition coefficient (Wildman–Crippen LogP) is 1.64. The number of methoxy groups -OCH3 is 1. The van der Waals surface area contributed by atoms with Gasteiger partial charge >= 0.3 is 0 Å². The zero-order valence-electron chi connectivity index (χ0n) is 13.7. The standard InChI is InChI=1S/C16H23ClN2O4S/c1-23-9-10-24(21,22)19-8-4-6-14(12-19)16(20)18-11-13-5-2-3-7-15(13)17/h2-3,5,7,14H,4,6,8-12H2,1H3,(H,18,20). The first kappa shape index (κ1) is 19.2. The second-order valence-corrected chi connectivity index (χ2v) is 8.31. The number of piperidine rings is 1. The van der Waals surface area contributed by atoms with Crippen molar-refractivity contribution in [2.24, 2.45) is 5.92 Å². The van der Waals surface area contributed by atoms with E-state index in [0.29, 0.717) is 31.0 Å². The number of rotatable bonds is 7. The molecule has 1 fully saturated rings. The summed E-state index contributed by atoms with van der Waals surface area (Å²) in [5.41, 5.74) is 0.841. The number of carbonyl (C=O) groups is 1. The van der Waals surface area contributed by atoms with Crippen LogP contribution in [0.2, 0.25) is 5.02 Å². The van der Waals surface area contributed by atoms with Crippen LogP contribution in [0.15, 0.2) is 24.3 Å². The third-order valence-electron chi connectivity index (χ3n) is 4.10. The SMILES string of the molecule is COCCS(=O)(=O)N1CCCC(C(=O)NCc2ccccc2Cl)C1. The fourth-order valence-electron chi connectivity index (χ4n) is 2.70. The summed E-state index contributed by atoms with van der Waals surface area (Å²) in [7, 11) is -1.91. The molecule has 1 aliphatic heterocycles. The molecule has 0 spiro atoms. The Morgan fingerprint density at radius 2 is 2.17 bits per heavy atom. The second-order valence-electron chi connectivity index (χ2n) is 5.82. The number of amides is 1. The first-order valence-electron chi connectivity index (χ1n) is 7.92. The average Bonchev–Trinajstić information content (AvgIpc) is 2.59. The number of sulfonamides is 1. The van der Waals surface area contributed by atoms with Crippen LogP contribution in [-0.2, 0) is 26.1 Å². The van der Waals surface area contributed by atoms with E-state index in [-0.39, 0.29) is 30.7 Å². The number of halogens is 1. The normalized spacial score (nSPS) is 19.2.